The maximum absolute atomic E-state index is 12.5. The van der Waals surface area contributed by atoms with Crippen molar-refractivity contribution in [1.82, 2.24) is 10.3 Å². The Morgan fingerprint density at radius 3 is 2.52 bits per heavy atom. The molecule has 0 saturated heterocycles. The van der Waals surface area contributed by atoms with Gasteiger partial charge in [-0.05, 0) is 25.3 Å². The average molecular weight is 380 g/mol. The number of nitrogens with zero attached hydrogens (tertiary/aromatic N) is 1. The lowest BCUT2D eigenvalue weighted by molar-refractivity contribution is -0.140. The average Bonchev–Trinajstić information content (AvgIpc) is 2.45. The molecule has 10 heteroatoms. The molecule has 0 aliphatic heterocycles. The van der Waals surface area contributed by atoms with Gasteiger partial charge in [-0.25, -0.2) is 4.98 Å². The zero-order valence-corrected chi connectivity index (χ0v) is 13.9. The topological polar surface area (TPSA) is 91.3 Å². The Bertz CT molecular complexity index is 663. The second-order valence-electron chi connectivity index (χ2n) is 5.98. The number of rotatable bonds is 7. The third-order valence-corrected chi connectivity index (χ3v) is 4.31. The van der Waals surface area contributed by atoms with Crippen LogP contribution >= 0.6 is 11.6 Å². The number of aliphatic carboxylic acids is 1. The molecule has 0 atom stereocenters. The molecule has 138 valence electrons. The van der Waals surface area contributed by atoms with Gasteiger partial charge in [0.15, 0.2) is 0 Å². The monoisotopic (exact) mass is 379 g/mol. The minimum absolute atomic E-state index is 0.0143. The van der Waals surface area contributed by atoms with E-state index in [1.54, 1.807) is 0 Å². The van der Waals surface area contributed by atoms with Gasteiger partial charge in [-0.2, -0.15) is 13.2 Å². The Hall–Kier alpha value is -2.03. The molecule has 2 rings (SSSR count). The second-order valence-corrected chi connectivity index (χ2v) is 6.39. The number of carboxylic acids is 1. The largest absolute Gasteiger partial charge is 0.481 e. The van der Waals surface area contributed by atoms with Crippen molar-refractivity contribution in [1.29, 1.82) is 0 Å². The number of amides is 1. The standard InChI is InChI=1S/C15H17ClF3N3O3/c16-10-6-9(15(17,18)19)8-21-13(10)20-5-2-11(23)22-14(3-1-4-14)7-12(24)25/h6,8H,1-5,7H2,(H,20,21)(H,22,23)(H,24,25). The smallest absolute Gasteiger partial charge is 0.417 e. The highest BCUT2D eigenvalue weighted by Crippen LogP contribution is 2.35. The van der Waals surface area contributed by atoms with Gasteiger partial charge in [0.05, 0.1) is 22.5 Å². The van der Waals surface area contributed by atoms with Crippen LogP contribution in [0.1, 0.15) is 37.7 Å². The number of hydrogen-bond donors (Lipinski definition) is 3. The predicted octanol–water partition coefficient (Wildman–Crippen LogP) is 3.07. The van der Waals surface area contributed by atoms with Gasteiger partial charge >= 0.3 is 12.1 Å². The molecule has 6 nitrogen and oxygen atoms in total. The lowest BCUT2D eigenvalue weighted by Gasteiger charge is -2.41. The van der Waals surface area contributed by atoms with Gasteiger partial charge in [0.2, 0.25) is 5.91 Å². The Balaban J connectivity index is 1.84. The summed E-state index contributed by atoms with van der Waals surface area (Å²) >= 11 is 5.76. The van der Waals surface area contributed by atoms with E-state index in [4.69, 9.17) is 16.7 Å². The number of aromatic nitrogens is 1. The number of hydrogen-bond acceptors (Lipinski definition) is 4. The fourth-order valence-corrected chi connectivity index (χ4v) is 2.85. The van der Waals surface area contributed by atoms with Crippen molar-refractivity contribution < 1.29 is 27.9 Å². The molecular formula is C15H17ClF3N3O3. The predicted molar refractivity (Wildman–Crippen MR) is 84.3 cm³/mol. The SMILES string of the molecule is O=C(O)CC1(NC(=O)CCNc2ncc(C(F)(F)F)cc2Cl)CCC1. The van der Waals surface area contributed by atoms with Crippen LogP contribution in [-0.2, 0) is 15.8 Å². The number of alkyl halides is 3. The maximum Gasteiger partial charge on any atom is 0.417 e. The molecule has 0 bridgehead atoms. The fourth-order valence-electron chi connectivity index (χ4n) is 2.61. The van der Waals surface area contributed by atoms with Gasteiger partial charge in [-0.3, -0.25) is 9.59 Å². The van der Waals surface area contributed by atoms with Gasteiger partial charge in [-0.1, -0.05) is 11.6 Å². The van der Waals surface area contributed by atoms with Crippen LogP contribution in [-0.4, -0.2) is 34.1 Å². The molecule has 1 fully saturated rings. The quantitative estimate of drug-likeness (QED) is 0.677. The number of halogens is 4. The van der Waals surface area contributed by atoms with E-state index in [9.17, 15) is 22.8 Å². The summed E-state index contributed by atoms with van der Waals surface area (Å²) in [6.07, 6.45) is -1.90. The van der Waals surface area contributed by atoms with E-state index in [1.165, 1.54) is 0 Å². The van der Waals surface area contributed by atoms with Crippen LogP contribution in [0.5, 0.6) is 0 Å². The van der Waals surface area contributed by atoms with Crippen molar-refractivity contribution in [2.45, 2.75) is 43.8 Å². The molecule has 1 saturated carbocycles. The summed E-state index contributed by atoms with van der Waals surface area (Å²) in [6.45, 7) is 0.104. The fraction of sp³-hybridized carbons (Fsp3) is 0.533. The molecule has 1 heterocycles. The molecule has 1 amide bonds. The first-order valence-corrected chi connectivity index (χ1v) is 7.98. The van der Waals surface area contributed by atoms with Crippen LogP contribution in [0.15, 0.2) is 12.3 Å². The van der Waals surface area contributed by atoms with Gasteiger partial charge in [-0.15, -0.1) is 0 Å². The number of carbonyl (C=O) groups is 2. The Labute approximate surface area is 146 Å². The minimum Gasteiger partial charge on any atom is -0.481 e. The molecule has 0 spiro atoms. The zero-order chi connectivity index (χ0) is 18.7. The molecular weight excluding hydrogens is 363 g/mol. The molecule has 1 aliphatic rings. The van der Waals surface area contributed by atoms with Crippen molar-refractivity contribution in [2.75, 3.05) is 11.9 Å². The highest BCUT2D eigenvalue weighted by Gasteiger charge is 2.40. The highest BCUT2D eigenvalue weighted by molar-refractivity contribution is 6.32. The van der Waals surface area contributed by atoms with E-state index in [2.05, 4.69) is 15.6 Å². The van der Waals surface area contributed by atoms with Gasteiger partial charge in [0.1, 0.15) is 5.82 Å². The van der Waals surface area contributed by atoms with Gasteiger partial charge in [0, 0.05) is 19.2 Å². The first-order valence-electron chi connectivity index (χ1n) is 7.61. The van der Waals surface area contributed by atoms with Crippen LogP contribution in [0.25, 0.3) is 0 Å². The van der Waals surface area contributed by atoms with Gasteiger partial charge < -0.3 is 15.7 Å². The number of carbonyl (C=O) groups excluding carboxylic acids is 1. The first-order chi connectivity index (χ1) is 11.6. The normalized spacial score (nSPS) is 16.0. The van der Waals surface area contributed by atoms with E-state index in [1.807, 2.05) is 0 Å². The molecule has 1 aliphatic carbocycles. The molecule has 0 radical (unpaired) electrons. The highest BCUT2D eigenvalue weighted by atomic mass is 35.5. The Morgan fingerprint density at radius 2 is 2.04 bits per heavy atom. The summed E-state index contributed by atoms with van der Waals surface area (Å²) in [7, 11) is 0. The summed E-state index contributed by atoms with van der Waals surface area (Å²) in [6, 6.07) is 0.757. The first kappa shape index (κ1) is 19.3. The maximum atomic E-state index is 12.5. The van der Waals surface area contributed by atoms with Crippen molar-refractivity contribution in [2.24, 2.45) is 0 Å². The molecule has 3 N–H and O–H groups in total. The van der Waals surface area contributed by atoms with E-state index in [0.29, 0.717) is 19.0 Å². The number of pyridine rings is 1. The lowest BCUT2D eigenvalue weighted by Crippen LogP contribution is -2.54. The Morgan fingerprint density at radius 1 is 1.36 bits per heavy atom. The summed E-state index contributed by atoms with van der Waals surface area (Å²) in [5, 5.41) is 14.1. The van der Waals surface area contributed by atoms with Gasteiger partial charge in [0.25, 0.3) is 0 Å². The third-order valence-electron chi connectivity index (χ3n) is 4.02. The Kier molecular flexibility index (Phi) is 5.76. The number of nitrogens with one attached hydrogen (secondary N) is 2. The van der Waals surface area contributed by atoms with Crippen LogP contribution in [0.4, 0.5) is 19.0 Å². The second kappa shape index (κ2) is 7.47. The molecule has 0 unspecified atom stereocenters. The molecule has 1 aromatic heterocycles. The van der Waals surface area contributed by atoms with E-state index in [-0.39, 0.29) is 36.1 Å². The zero-order valence-electron chi connectivity index (χ0n) is 13.1. The molecule has 25 heavy (non-hydrogen) atoms. The van der Waals surface area contributed by atoms with Crippen LogP contribution in [0, 0.1) is 0 Å². The third kappa shape index (κ3) is 5.22. The minimum atomic E-state index is -4.53. The summed E-state index contributed by atoms with van der Waals surface area (Å²) in [4.78, 5) is 26.4. The van der Waals surface area contributed by atoms with Crippen LogP contribution < -0.4 is 10.6 Å². The van der Waals surface area contributed by atoms with E-state index >= 15 is 0 Å². The summed E-state index contributed by atoms with van der Waals surface area (Å²) < 4.78 is 37.6. The van der Waals surface area contributed by atoms with Crippen molar-refractivity contribution in [3.63, 3.8) is 0 Å². The summed E-state index contributed by atoms with van der Waals surface area (Å²) in [5.74, 6) is -1.26. The lowest BCUT2D eigenvalue weighted by atomic mass is 9.74. The number of carboxylic acid groups (broad SMARTS) is 1. The number of anilines is 1. The van der Waals surface area contributed by atoms with E-state index < -0.39 is 23.2 Å². The van der Waals surface area contributed by atoms with Crippen LogP contribution in [0.3, 0.4) is 0 Å². The van der Waals surface area contributed by atoms with Crippen molar-refractivity contribution in [3.8, 4) is 0 Å². The van der Waals surface area contributed by atoms with E-state index in [0.717, 1.165) is 12.5 Å². The van der Waals surface area contributed by atoms with Crippen LogP contribution in [0.2, 0.25) is 5.02 Å². The van der Waals surface area contributed by atoms with Crippen molar-refractivity contribution in [3.05, 3.63) is 22.8 Å². The summed E-state index contributed by atoms with van der Waals surface area (Å²) in [5.41, 5.74) is -1.64. The van der Waals surface area contributed by atoms with Crippen molar-refractivity contribution >= 4 is 29.3 Å². The molecule has 1 aromatic rings. The molecule has 0 aromatic carbocycles.